The van der Waals surface area contributed by atoms with E-state index in [1.165, 1.54) is 0 Å². The molecule has 6 heteroatoms. The summed E-state index contributed by atoms with van der Waals surface area (Å²) in [5.41, 5.74) is 12.8. The van der Waals surface area contributed by atoms with Crippen LogP contribution in [0.25, 0.3) is 61.2 Å². The molecule has 0 N–H and O–H groups in total. The molecule has 0 saturated carbocycles. The molecule has 0 unspecified atom stereocenters. The number of fused-ring (bicyclic) bond motifs is 9. The minimum atomic E-state index is 0.707. The molecule has 0 radical (unpaired) electrons. The van der Waals surface area contributed by atoms with Crippen LogP contribution in [-0.4, -0.2) is 29.9 Å². The van der Waals surface area contributed by atoms with Crippen LogP contribution in [0.5, 0.6) is 0 Å². The standard InChI is InChI=1S/C28H20N6/c1-14-5-4-6-17-20(11-14)32-26-23(29-17)24-27(33-21-12-15(2)7-9-18(21)30-24)28-25(26)31-19-10-8-16(3)13-22(19)34-28/h4-5,7-13H,6H2,1-3H3. The molecule has 0 aliphatic heterocycles. The monoisotopic (exact) mass is 440 g/mol. The van der Waals surface area contributed by atoms with Crippen molar-refractivity contribution in [3.63, 3.8) is 0 Å². The predicted molar refractivity (Wildman–Crippen MR) is 137 cm³/mol. The third kappa shape index (κ3) is 2.81. The van der Waals surface area contributed by atoms with Gasteiger partial charge in [0.2, 0.25) is 0 Å². The van der Waals surface area contributed by atoms with Crippen LogP contribution < -0.4 is 0 Å². The van der Waals surface area contributed by atoms with E-state index < -0.39 is 0 Å². The van der Waals surface area contributed by atoms with E-state index in [0.717, 1.165) is 55.7 Å². The van der Waals surface area contributed by atoms with Crippen LogP contribution >= 0.6 is 0 Å². The summed E-state index contributed by atoms with van der Waals surface area (Å²) >= 11 is 0. The smallest absolute Gasteiger partial charge is 0.120 e. The second-order valence-corrected chi connectivity index (χ2v) is 9.07. The van der Waals surface area contributed by atoms with Gasteiger partial charge >= 0.3 is 0 Å². The van der Waals surface area contributed by atoms with Gasteiger partial charge in [-0.15, -0.1) is 0 Å². The van der Waals surface area contributed by atoms with Crippen LogP contribution in [0.2, 0.25) is 0 Å². The summed E-state index contributed by atoms with van der Waals surface area (Å²) in [6.07, 6.45) is 7.03. The average Bonchev–Trinajstić information content (AvgIpc) is 3.01. The lowest BCUT2D eigenvalue weighted by Gasteiger charge is -2.12. The minimum Gasteiger partial charge on any atom is -0.246 e. The number of benzene rings is 3. The number of rotatable bonds is 0. The van der Waals surface area contributed by atoms with E-state index in [-0.39, 0.29) is 0 Å². The fraction of sp³-hybridized carbons (Fsp3) is 0.143. The van der Waals surface area contributed by atoms with Crippen LogP contribution in [0, 0.1) is 13.8 Å². The summed E-state index contributed by atoms with van der Waals surface area (Å²) in [7, 11) is 0. The highest BCUT2D eigenvalue weighted by atomic mass is 14.9. The van der Waals surface area contributed by atoms with E-state index >= 15 is 0 Å². The van der Waals surface area contributed by atoms with Crippen LogP contribution in [-0.2, 0) is 6.42 Å². The van der Waals surface area contributed by atoms with Crippen molar-refractivity contribution >= 4 is 61.2 Å². The summed E-state index contributed by atoms with van der Waals surface area (Å²) < 4.78 is 0. The molecule has 162 valence electrons. The van der Waals surface area contributed by atoms with E-state index in [2.05, 4.69) is 63.3 Å². The normalized spacial score (nSPS) is 13.7. The first-order valence-electron chi connectivity index (χ1n) is 11.4. The second-order valence-electron chi connectivity index (χ2n) is 9.07. The Balaban J connectivity index is 1.73. The number of allylic oxidation sites excluding steroid dienone is 3. The van der Waals surface area contributed by atoms with Gasteiger partial charge in [0.05, 0.1) is 33.5 Å². The molecule has 6 aromatic rings. The average molecular weight is 441 g/mol. The molecule has 0 atom stereocenters. The maximum absolute atomic E-state index is 5.08. The van der Waals surface area contributed by atoms with E-state index in [0.29, 0.717) is 34.0 Å². The molecule has 34 heavy (non-hydrogen) atoms. The lowest BCUT2D eigenvalue weighted by atomic mass is 10.1. The fourth-order valence-corrected chi connectivity index (χ4v) is 4.69. The minimum absolute atomic E-state index is 0.707. The van der Waals surface area contributed by atoms with Gasteiger partial charge in [0, 0.05) is 6.42 Å². The largest absolute Gasteiger partial charge is 0.246 e. The Hall–Kier alpha value is -4.32. The molecule has 1 aliphatic carbocycles. The Morgan fingerprint density at radius 3 is 1.65 bits per heavy atom. The van der Waals surface area contributed by atoms with Gasteiger partial charge in [-0.1, -0.05) is 24.3 Å². The zero-order valence-electron chi connectivity index (χ0n) is 19.1. The molecule has 1 aliphatic rings. The molecule has 6 nitrogen and oxygen atoms in total. The molecule has 0 bridgehead atoms. The quantitative estimate of drug-likeness (QED) is 0.214. The number of nitrogens with zero attached hydrogens (tertiary/aromatic N) is 6. The maximum Gasteiger partial charge on any atom is 0.120 e. The van der Waals surface area contributed by atoms with E-state index in [1.54, 1.807) is 0 Å². The van der Waals surface area contributed by atoms with Crippen molar-refractivity contribution in [3.05, 3.63) is 76.6 Å². The van der Waals surface area contributed by atoms with Crippen LogP contribution in [0.4, 0.5) is 0 Å². The molecule has 0 amide bonds. The summed E-state index contributed by atoms with van der Waals surface area (Å²) in [6, 6.07) is 12.2. The van der Waals surface area contributed by atoms with Crippen molar-refractivity contribution in [1.29, 1.82) is 0 Å². The molecule has 3 aromatic carbocycles. The Labute approximate surface area is 195 Å². The number of hydrogen-bond donors (Lipinski definition) is 0. The molecule has 3 aromatic heterocycles. The Morgan fingerprint density at radius 2 is 1.06 bits per heavy atom. The van der Waals surface area contributed by atoms with Crippen molar-refractivity contribution in [2.75, 3.05) is 0 Å². The van der Waals surface area contributed by atoms with Crippen LogP contribution in [0.1, 0.15) is 29.4 Å². The van der Waals surface area contributed by atoms with Crippen molar-refractivity contribution < 1.29 is 0 Å². The number of aryl methyl sites for hydroxylation is 2. The zero-order chi connectivity index (χ0) is 23.0. The Bertz CT molecular complexity index is 1920. The van der Waals surface area contributed by atoms with E-state index in [1.807, 2.05) is 12.1 Å². The SMILES string of the molecule is CC1=Cc2nc3c(nc2CC=C1)c1nc2ccc(C)cc2nc1c1nc2cc(C)ccc2nc31. The van der Waals surface area contributed by atoms with Gasteiger partial charge in [-0.3, -0.25) is 0 Å². The van der Waals surface area contributed by atoms with Crippen molar-refractivity contribution in [1.82, 2.24) is 29.9 Å². The fourth-order valence-electron chi connectivity index (χ4n) is 4.69. The molecule has 3 heterocycles. The first kappa shape index (κ1) is 19.2. The predicted octanol–water partition coefficient (Wildman–Crippen LogP) is 5.96. The van der Waals surface area contributed by atoms with Gasteiger partial charge < -0.3 is 0 Å². The van der Waals surface area contributed by atoms with Crippen molar-refractivity contribution in [3.8, 4) is 0 Å². The van der Waals surface area contributed by atoms with Crippen LogP contribution in [0.15, 0.2) is 54.1 Å². The van der Waals surface area contributed by atoms with E-state index in [9.17, 15) is 0 Å². The van der Waals surface area contributed by atoms with Gasteiger partial charge in [-0.05, 0) is 67.8 Å². The number of hydrogen-bond acceptors (Lipinski definition) is 6. The molecular weight excluding hydrogens is 420 g/mol. The van der Waals surface area contributed by atoms with Crippen LogP contribution in [0.3, 0.4) is 0 Å². The molecule has 0 saturated heterocycles. The zero-order valence-corrected chi connectivity index (χ0v) is 19.1. The topological polar surface area (TPSA) is 77.3 Å². The van der Waals surface area contributed by atoms with Gasteiger partial charge in [0.1, 0.15) is 33.1 Å². The summed E-state index contributed by atoms with van der Waals surface area (Å²) in [5, 5.41) is 0. The lowest BCUT2D eigenvalue weighted by molar-refractivity contribution is 1.09. The lowest BCUT2D eigenvalue weighted by Crippen LogP contribution is -2.02. The summed E-state index contributed by atoms with van der Waals surface area (Å²) in [6.45, 7) is 6.19. The van der Waals surface area contributed by atoms with Gasteiger partial charge in [-0.25, -0.2) is 29.9 Å². The molecule has 0 spiro atoms. The van der Waals surface area contributed by atoms with E-state index in [4.69, 9.17) is 29.9 Å². The Morgan fingerprint density at radius 1 is 0.559 bits per heavy atom. The maximum atomic E-state index is 5.08. The van der Waals surface area contributed by atoms with Gasteiger partial charge in [0.15, 0.2) is 0 Å². The third-order valence-corrected chi connectivity index (χ3v) is 6.37. The van der Waals surface area contributed by atoms with Crippen molar-refractivity contribution in [2.24, 2.45) is 0 Å². The summed E-state index contributed by atoms with van der Waals surface area (Å²) in [4.78, 5) is 30.2. The molecular formula is C28H20N6. The van der Waals surface area contributed by atoms with Gasteiger partial charge in [0.25, 0.3) is 0 Å². The molecule has 7 rings (SSSR count). The number of aromatic nitrogens is 6. The van der Waals surface area contributed by atoms with Gasteiger partial charge in [-0.2, -0.15) is 0 Å². The first-order valence-corrected chi connectivity index (χ1v) is 11.4. The first-order chi connectivity index (χ1) is 16.5. The highest BCUT2D eigenvalue weighted by molar-refractivity contribution is 6.20. The highest BCUT2D eigenvalue weighted by Crippen LogP contribution is 2.33. The van der Waals surface area contributed by atoms with Crippen molar-refractivity contribution in [2.45, 2.75) is 27.2 Å². The molecule has 0 fully saturated rings. The summed E-state index contributed by atoms with van der Waals surface area (Å²) in [5.74, 6) is 0. The Kier molecular flexibility index (Phi) is 3.86. The second kappa shape index (κ2) is 6.84. The highest BCUT2D eigenvalue weighted by Gasteiger charge is 2.20. The third-order valence-electron chi connectivity index (χ3n) is 6.37.